The normalized spacial score (nSPS) is 21.5. The topological polar surface area (TPSA) is 55.1 Å². The van der Waals surface area contributed by atoms with Gasteiger partial charge in [-0.3, -0.25) is 4.79 Å². The molecule has 4 heteroatoms. The van der Waals surface area contributed by atoms with E-state index in [1.165, 1.54) is 37.0 Å². The van der Waals surface area contributed by atoms with E-state index in [-0.39, 0.29) is 5.91 Å². The number of thiophene rings is 1. The lowest BCUT2D eigenvalue weighted by Gasteiger charge is -2.26. The van der Waals surface area contributed by atoms with Gasteiger partial charge in [-0.15, -0.1) is 11.3 Å². The molecule has 0 bridgehead atoms. The van der Waals surface area contributed by atoms with Crippen LogP contribution in [0.3, 0.4) is 0 Å². The van der Waals surface area contributed by atoms with E-state index in [0.29, 0.717) is 12.5 Å². The predicted octanol–water partition coefficient (Wildman–Crippen LogP) is 2.92. The van der Waals surface area contributed by atoms with Crippen LogP contribution in [0.2, 0.25) is 0 Å². The summed E-state index contributed by atoms with van der Waals surface area (Å²) in [5.74, 6) is 7.38. The van der Waals surface area contributed by atoms with Gasteiger partial charge < -0.3 is 11.1 Å². The fourth-order valence-electron chi connectivity index (χ4n) is 2.71. The minimum absolute atomic E-state index is 0.0301. The van der Waals surface area contributed by atoms with Gasteiger partial charge in [-0.2, -0.15) is 0 Å². The van der Waals surface area contributed by atoms with Crippen molar-refractivity contribution in [3.8, 4) is 11.8 Å². The molecule has 0 radical (unpaired) electrons. The zero-order valence-corrected chi connectivity index (χ0v) is 13.7. The monoisotopic (exact) mass is 304 g/mol. The van der Waals surface area contributed by atoms with Crippen LogP contribution in [0, 0.1) is 30.6 Å². The zero-order chi connectivity index (χ0) is 15.2. The first-order valence-electron chi connectivity index (χ1n) is 7.67. The molecular weight excluding hydrogens is 280 g/mol. The second-order valence-electron chi connectivity index (χ2n) is 5.96. The molecule has 0 atom stereocenters. The molecule has 1 aromatic rings. The Morgan fingerprint density at radius 1 is 1.43 bits per heavy atom. The molecule has 0 aromatic carbocycles. The third-order valence-corrected chi connectivity index (χ3v) is 5.28. The first-order valence-corrected chi connectivity index (χ1v) is 8.49. The van der Waals surface area contributed by atoms with Gasteiger partial charge in [-0.1, -0.05) is 31.6 Å². The lowest BCUT2D eigenvalue weighted by Crippen LogP contribution is -2.30. The highest BCUT2D eigenvalue weighted by Gasteiger charge is 2.19. The molecule has 114 valence electrons. The smallest absolute Gasteiger partial charge is 0.261 e. The van der Waals surface area contributed by atoms with Crippen molar-refractivity contribution < 1.29 is 4.79 Å². The molecule has 1 aromatic heterocycles. The summed E-state index contributed by atoms with van der Waals surface area (Å²) in [5, 5.41) is 3.08. The highest BCUT2D eigenvalue weighted by Crippen LogP contribution is 2.28. The first kappa shape index (κ1) is 16.1. The molecule has 0 saturated heterocycles. The van der Waals surface area contributed by atoms with Crippen LogP contribution in [0.25, 0.3) is 0 Å². The van der Waals surface area contributed by atoms with Crippen LogP contribution in [0.4, 0.5) is 0 Å². The van der Waals surface area contributed by atoms with E-state index in [1.807, 2.05) is 13.0 Å². The predicted molar refractivity (Wildman–Crippen MR) is 88.4 cm³/mol. The summed E-state index contributed by atoms with van der Waals surface area (Å²) >= 11 is 1.45. The standard InChI is InChI=1S/C17H24N2OS/c1-12-5-7-14(8-6-12)11-19-17(20)16-10-13(2)15(21-16)4-3-9-18/h10,12,14H,5-9,11,18H2,1-2H3,(H,19,20). The number of hydrogen-bond donors (Lipinski definition) is 2. The Labute approximate surface area is 131 Å². The number of amides is 1. The van der Waals surface area contributed by atoms with Crippen molar-refractivity contribution in [1.29, 1.82) is 0 Å². The minimum Gasteiger partial charge on any atom is -0.351 e. The molecule has 0 unspecified atom stereocenters. The first-order chi connectivity index (χ1) is 10.1. The van der Waals surface area contributed by atoms with Gasteiger partial charge in [-0.25, -0.2) is 0 Å². The van der Waals surface area contributed by atoms with Gasteiger partial charge >= 0.3 is 0 Å². The highest BCUT2D eigenvalue weighted by molar-refractivity contribution is 7.14. The number of carbonyl (C=O) groups excluding carboxylic acids is 1. The van der Waals surface area contributed by atoms with Crippen LogP contribution in [-0.4, -0.2) is 19.0 Å². The molecule has 1 heterocycles. The van der Waals surface area contributed by atoms with Gasteiger partial charge in [0.2, 0.25) is 0 Å². The van der Waals surface area contributed by atoms with Crippen molar-refractivity contribution >= 4 is 17.2 Å². The fraction of sp³-hybridized carbons (Fsp3) is 0.588. The van der Waals surface area contributed by atoms with Crippen molar-refractivity contribution in [2.45, 2.75) is 39.5 Å². The molecule has 2 rings (SSSR count). The van der Waals surface area contributed by atoms with E-state index in [2.05, 4.69) is 24.1 Å². The number of rotatable bonds is 3. The second-order valence-corrected chi connectivity index (χ2v) is 7.02. The van der Waals surface area contributed by atoms with Gasteiger partial charge in [0, 0.05) is 6.54 Å². The van der Waals surface area contributed by atoms with Gasteiger partial charge in [0.25, 0.3) is 5.91 Å². The quantitative estimate of drug-likeness (QED) is 0.844. The molecular formula is C17H24N2OS. The maximum absolute atomic E-state index is 12.2. The van der Waals surface area contributed by atoms with Crippen LogP contribution in [0.15, 0.2) is 6.07 Å². The molecule has 1 aliphatic carbocycles. The maximum Gasteiger partial charge on any atom is 0.261 e. The lowest BCUT2D eigenvalue weighted by molar-refractivity contribution is 0.0946. The van der Waals surface area contributed by atoms with E-state index in [1.54, 1.807) is 0 Å². The molecule has 0 aliphatic heterocycles. The molecule has 1 saturated carbocycles. The maximum atomic E-state index is 12.2. The summed E-state index contributed by atoms with van der Waals surface area (Å²) in [6.45, 7) is 5.44. The number of aryl methyl sites for hydroxylation is 1. The highest BCUT2D eigenvalue weighted by atomic mass is 32.1. The Balaban J connectivity index is 1.88. The van der Waals surface area contributed by atoms with Crippen LogP contribution < -0.4 is 11.1 Å². The molecule has 3 N–H and O–H groups in total. The number of nitrogens with two attached hydrogens (primary N) is 1. The average molecular weight is 304 g/mol. The van der Waals surface area contributed by atoms with E-state index < -0.39 is 0 Å². The summed E-state index contributed by atoms with van der Waals surface area (Å²) in [5.41, 5.74) is 6.44. The third kappa shape index (κ3) is 4.59. The van der Waals surface area contributed by atoms with E-state index >= 15 is 0 Å². The van der Waals surface area contributed by atoms with E-state index in [0.717, 1.165) is 27.8 Å². The lowest BCUT2D eigenvalue weighted by atomic mass is 9.83. The Hall–Kier alpha value is -1.31. The summed E-state index contributed by atoms with van der Waals surface area (Å²) in [6.07, 6.45) is 5.05. The summed E-state index contributed by atoms with van der Waals surface area (Å²) < 4.78 is 0. The van der Waals surface area contributed by atoms with Gasteiger partial charge in [-0.05, 0) is 43.2 Å². The van der Waals surface area contributed by atoms with Crippen molar-refractivity contribution in [3.63, 3.8) is 0 Å². The Morgan fingerprint density at radius 3 is 2.81 bits per heavy atom. The van der Waals surface area contributed by atoms with Gasteiger partial charge in [0.05, 0.1) is 16.3 Å². The van der Waals surface area contributed by atoms with Gasteiger partial charge in [0.15, 0.2) is 0 Å². The van der Waals surface area contributed by atoms with Crippen LogP contribution in [-0.2, 0) is 0 Å². The molecule has 3 nitrogen and oxygen atoms in total. The number of hydrogen-bond acceptors (Lipinski definition) is 3. The summed E-state index contributed by atoms with van der Waals surface area (Å²) in [7, 11) is 0. The number of nitrogens with one attached hydrogen (secondary N) is 1. The third-order valence-electron chi connectivity index (χ3n) is 4.13. The Morgan fingerprint density at radius 2 is 2.14 bits per heavy atom. The average Bonchev–Trinajstić information content (AvgIpc) is 2.85. The van der Waals surface area contributed by atoms with E-state index in [4.69, 9.17) is 5.73 Å². The van der Waals surface area contributed by atoms with E-state index in [9.17, 15) is 4.79 Å². The van der Waals surface area contributed by atoms with Crippen LogP contribution in [0.5, 0.6) is 0 Å². The van der Waals surface area contributed by atoms with Crippen molar-refractivity contribution in [1.82, 2.24) is 5.32 Å². The van der Waals surface area contributed by atoms with Gasteiger partial charge in [0.1, 0.15) is 0 Å². The second kappa shape index (κ2) is 7.63. The van der Waals surface area contributed by atoms with Crippen LogP contribution >= 0.6 is 11.3 Å². The largest absolute Gasteiger partial charge is 0.351 e. The SMILES string of the molecule is Cc1cc(C(=O)NCC2CCC(C)CC2)sc1C#CCN. The Kier molecular flexibility index (Phi) is 5.84. The molecule has 1 amide bonds. The molecule has 1 aliphatic rings. The molecule has 0 spiro atoms. The van der Waals surface area contributed by atoms with Crippen molar-refractivity contribution in [3.05, 3.63) is 21.4 Å². The molecule has 1 fully saturated rings. The van der Waals surface area contributed by atoms with Crippen molar-refractivity contribution in [2.24, 2.45) is 17.6 Å². The summed E-state index contributed by atoms with van der Waals surface area (Å²) in [6, 6.07) is 1.92. The van der Waals surface area contributed by atoms with Crippen molar-refractivity contribution in [2.75, 3.05) is 13.1 Å². The zero-order valence-electron chi connectivity index (χ0n) is 12.9. The fourth-order valence-corrected chi connectivity index (χ4v) is 3.67. The Bertz CT molecular complexity index is 545. The van der Waals surface area contributed by atoms with Crippen LogP contribution in [0.1, 0.15) is 52.7 Å². The number of carbonyl (C=O) groups is 1. The minimum atomic E-state index is 0.0301. The summed E-state index contributed by atoms with van der Waals surface area (Å²) in [4.78, 5) is 13.9. The molecule has 21 heavy (non-hydrogen) atoms.